The number of nitrogens with zero attached hydrogens (tertiary/aromatic N) is 2. The third kappa shape index (κ3) is 9.34. The van der Waals surface area contributed by atoms with E-state index >= 15 is 0 Å². The number of fused-ring (bicyclic) bond motifs is 4. The SMILES string of the molecule is CCC(CC)(C(=O)/C=C(\O)C(CC)(CC)C(F)(F)F)C(F)(F)F.C[Si](C)(C)Cc1ccc2c(c1)sc1c(-c3[c-]c4ccccc4c(C(F)(F)F)c3)ncnc12.[Ir]. The van der Waals surface area contributed by atoms with Crippen LogP contribution in [0.1, 0.15) is 64.5 Å². The normalized spacial score (nSPS) is 13.5. The molecule has 0 aliphatic rings. The molecule has 0 amide bonds. The van der Waals surface area contributed by atoms with E-state index in [4.69, 9.17) is 0 Å². The summed E-state index contributed by atoms with van der Waals surface area (Å²) in [7, 11) is -1.27. The molecule has 307 valence electrons. The Bertz CT molecular complexity index is 2200. The van der Waals surface area contributed by atoms with E-state index in [1.54, 1.807) is 18.2 Å². The van der Waals surface area contributed by atoms with Crippen molar-refractivity contribution in [3.63, 3.8) is 0 Å². The third-order valence-electron chi connectivity index (χ3n) is 10.1. The van der Waals surface area contributed by atoms with Gasteiger partial charge in [0.2, 0.25) is 0 Å². The second-order valence-electron chi connectivity index (χ2n) is 14.7. The van der Waals surface area contributed by atoms with E-state index in [1.165, 1.54) is 29.3 Å². The minimum atomic E-state index is -4.91. The summed E-state index contributed by atoms with van der Waals surface area (Å²) in [5, 5.41) is 11.4. The molecular formula is C40H42F9IrN2O2SSi-. The molecule has 4 nitrogen and oxygen atoms in total. The summed E-state index contributed by atoms with van der Waals surface area (Å²) in [6, 6.07) is 18.3. The quantitative estimate of drug-likeness (QED) is 0.0498. The van der Waals surface area contributed by atoms with Crippen molar-refractivity contribution in [1.82, 2.24) is 9.97 Å². The number of aliphatic hydroxyl groups is 1. The van der Waals surface area contributed by atoms with Crippen molar-refractivity contribution in [2.45, 2.75) is 97.6 Å². The Hall–Kier alpha value is -3.33. The summed E-state index contributed by atoms with van der Waals surface area (Å²) in [5.41, 5.74) is -3.32. The van der Waals surface area contributed by atoms with Crippen LogP contribution in [0.2, 0.25) is 19.6 Å². The topological polar surface area (TPSA) is 63.1 Å². The molecule has 0 aliphatic carbocycles. The van der Waals surface area contributed by atoms with Gasteiger partial charge < -0.3 is 5.11 Å². The van der Waals surface area contributed by atoms with E-state index in [-0.39, 0.29) is 31.6 Å². The molecule has 5 rings (SSSR count). The van der Waals surface area contributed by atoms with Crippen molar-refractivity contribution in [3.8, 4) is 11.3 Å². The van der Waals surface area contributed by atoms with Crippen LogP contribution in [0.5, 0.6) is 0 Å². The number of allylic oxidation sites excluding steroid dienone is 2. The number of thiophene rings is 1. The zero-order valence-electron chi connectivity index (χ0n) is 31.7. The van der Waals surface area contributed by atoms with E-state index < -0.39 is 80.2 Å². The average Bonchev–Trinajstić information content (AvgIpc) is 3.45. The molecule has 3 aromatic carbocycles. The van der Waals surface area contributed by atoms with Crippen molar-refractivity contribution in [1.29, 1.82) is 0 Å². The maximum atomic E-state index is 13.8. The number of hydrogen-bond donors (Lipinski definition) is 1. The van der Waals surface area contributed by atoms with E-state index in [0.717, 1.165) is 60.1 Å². The van der Waals surface area contributed by atoms with Gasteiger partial charge in [0.15, 0.2) is 5.78 Å². The number of benzene rings is 3. The molecule has 56 heavy (non-hydrogen) atoms. The second-order valence-corrected chi connectivity index (χ2v) is 21.2. The molecule has 5 aromatic rings. The van der Waals surface area contributed by atoms with Crippen LogP contribution in [0.3, 0.4) is 0 Å². The molecule has 0 saturated heterocycles. The smallest absolute Gasteiger partial charge is 0.403 e. The van der Waals surface area contributed by atoms with E-state index in [9.17, 15) is 49.4 Å². The number of carbonyl (C=O) groups is 1. The first-order valence-electron chi connectivity index (χ1n) is 17.7. The van der Waals surface area contributed by atoms with E-state index in [1.807, 2.05) is 0 Å². The van der Waals surface area contributed by atoms with Crippen molar-refractivity contribution in [2.75, 3.05) is 0 Å². The Balaban J connectivity index is 0.000000314. The Labute approximate surface area is 338 Å². The van der Waals surface area contributed by atoms with Gasteiger partial charge in [0.05, 0.1) is 5.52 Å². The molecule has 0 fully saturated rings. The summed E-state index contributed by atoms with van der Waals surface area (Å²) >= 11 is 1.53. The minimum absolute atomic E-state index is 0. The summed E-state index contributed by atoms with van der Waals surface area (Å²) in [4.78, 5) is 20.9. The molecule has 1 N–H and O–H groups in total. The van der Waals surface area contributed by atoms with Gasteiger partial charge in [-0.15, -0.1) is 34.9 Å². The molecule has 0 atom stereocenters. The Morgan fingerprint density at radius 1 is 0.804 bits per heavy atom. The van der Waals surface area contributed by atoms with Crippen LogP contribution in [-0.4, -0.2) is 41.3 Å². The number of rotatable bonds is 10. The van der Waals surface area contributed by atoms with Gasteiger partial charge in [-0.3, -0.25) is 9.78 Å². The van der Waals surface area contributed by atoms with Gasteiger partial charge in [0.25, 0.3) is 0 Å². The van der Waals surface area contributed by atoms with Crippen LogP contribution < -0.4 is 0 Å². The number of halogens is 9. The van der Waals surface area contributed by atoms with Crippen molar-refractivity contribution in [3.05, 3.63) is 83.9 Å². The predicted molar refractivity (Wildman–Crippen MR) is 203 cm³/mol. The van der Waals surface area contributed by atoms with Gasteiger partial charge in [0, 0.05) is 54.7 Å². The number of aliphatic hydroxyl groups excluding tert-OH is 1. The number of aromatic nitrogens is 2. The standard InChI is InChI=1S/C25H20F3N2SSi.C15H22F6O2.Ir/c1-32(2,3)13-15-8-9-19-21(10-15)31-24-22(29-14-30-23(19)24)17-11-16-6-4-5-7-18(16)20(12-17)25(26,27)28;1-5-12(6-2,14(16,17)18)10(22)9-11(23)13(7-3,8-4)15(19,20)21;/h4-10,12,14H,13H2,1-3H3;9,22H,5-8H2,1-4H3;/q-1;;/b;10-9-;. The minimum Gasteiger partial charge on any atom is -0.511 e. The van der Waals surface area contributed by atoms with Crippen LogP contribution in [0.4, 0.5) is 39.5 Å². The number of alkyl halides is 9. The number of ketones is 1. The maximum Gasteiger partial charge on any atom is 0.403 e. The fraction of sp³-hybridized carbons (Fsp3) is 0.425. The van der Waals surface area contributed by atoms with Gasteiger partial charge in [0.1, 0.15) is 22.9 Å². The Morgan fingerprint density at radius 3 is 1.89 bits per heavy atom. The third-order valence-corrected chi connectivity index (χ3v) is 12.7. The fourth-order valence-electron chi connectivity index (χ4n) is 6.82. The average molecular weight is 1010 g/mol. The van der Waals surface area contributed by atoms with E-state index in [0.29, 0.717) is 16.6 Å². The number of hydrogen-bond acceptors (Lipinski definition) is 5. The van der Waals surface area contributed by atoms with Crippen molar-refractivity contribution in [2.24, 2.45) is 10.8 Å². The first kappa shape index (κ1) is 47.0. The van der Waals surface area contributed by atoms with Gasteiger partial charge >= 0.3 is 18.5 Å². The first-order valence-corrected chi connectivity index (χ1v) is 22.2. The summed E-state index contributed by atoms with van der Waals surface area (Å²) in [5.74, 6) is -2.92. The van der Waals surface area contributed by atoms with Gasteiger partial charge in [-0.1, -0.05) is 88.6 Å². The molecule has 2 heterocycles. The van der Waals surface area contributed by atoms with Gasteiger partial charge in [-0.2, -0.15) is 39.5 Å². The summed E-state index contributed by atoms with van der Waals surface area (Å²) in [6.45, 7) is 11.6. The second kappa shape index (κ2) is 17.3. The largest absolute Gasteiger partial charge is 0.511 e. The van der Waals surface area contributed by atoms with Crippen molar-refractivity contribution >= 4 is 56.3 Å². The van der Waals surface area contributed by atoms with Crippen LogP contribution in [0, 0.1) is 16.9 Å². The monoisotopic (exact) mass is 1010 g/mol. The molecule has 0 aliphatic heterocycles. The van der Waals surface area contributed by atoms with Gasteiger partial charge in [-0.05, 0) is 48.9 Å². The maximum absolute atomic E-state index is 13.8. The zero-order chi connectivity index (χ0) is 41.4. The van der Waals surface area contributed by atoms with Crippen LogP contribution in [0.15, 0.2) is 66.7 Å². The molecule has 16 heteroatoms. The molecule has 1 radical (unpaired) electrons. The molecule has 0 spiro atoms. The Morgan fingerprint density at radius 2 is 1.38 bits per heavy atom. The number of carbonyl (C=O) groups excluding carboxylic acids is 1. The first-order chi connectivity index (χ1) is 25.4. The predicted octanol–water partition coefficient (Wildman–Crippen LogP) is 13.6. The summed E-state index contributed by atoms with van der Waals surface area (Å²) in [6.07, 6.45) is -15.1. The molecule has 0 unspecified atom stereocenters. The van der Waals surface area contributed by atoms with Crippen molar-refractivity contribution < 1.29 is 69.5 Å². The molecule has 2 aromatic heterocycles. The van der Waals surface area contributed by atoms with E-state index in [2.05, 4.69) is 53.9 Å². The molecule has 0 saturated carbocycles. The van der Waals surface area contributed by atoms with Crippen LogP contribution >= 0.6 is 11.3 Å². The molecule has 0 bridgehead atoms. The summed E-state index contributed by atoms with van der Waals surface area (Å²) < 4.78 is 123. The van der Waals surface area contributed by atoms with Gasteiger partial charge in [-0.25, -0.2) is 4.98 Å². The fourth-order valence-corrected chi connectivity index (χ4v) is 9.49. The zero-order valence-corrected chi connectivity index (χ0v) is 35.9. The molecular weight excluding hydrogens is 964 g/mol. The Kier molecular flexibility index (Phi) is 14.5. The van der Waals surface area contributed by atoms with Crippen LogP contribution in [0.25, 0.3) is 42.3 Å². The van der Waals surface area contributed by atoms with Crippen LogP contribution in [-0.2, 0) is 37.1 Å².